The third-order valence-electron chi connectivity index (χ3n) is 2.00. The molecule has 0 atom stereocenters. The first kappa shape index (κ1) is 13.7. The standard InChI is InChI=1S/C11H14N4O3/c1-3-5-7-18-11-9(15(16)17)10(12-6-4-2)13-8-14-11/h1,8H,4-7H2,2H3,(H,12,13,14). The van der Waals surface area contributed by atoms with Crippen molar-refractivity contribution in [1.29, 1.82) is 0 Å². The lowest BCUT2D eigenvalue weighted by Gasteiger charge is -2.07. The van der Waals surface area contributed by atoms with Gasteiger partial charge in [0.15, 0.2) is 0 Å². The maximum Gasteiger partial charge on any atom is 0.372 e. The van der Waals surface area contributed by atoms with E-state index in [0.29, 0.717) is 13.0 Å². The largest absolute Gasteiger partial charge is 0.472 e. The van der Waals surface area contributed by atoms with Gasteiger partial charge in [-0.3, -0.25) is 10.1 Å². The lowest BCUT2D eigenvalue weighted by molar-refractivity contribution is -0.385. The molecule has 0 unspecified atom stereocenters. The molecule has 1 N–H and O–H groups in total. The van der Waals surface area contributed by atoms with Crippen LogP contribution in [-0.2, 0) is 0 Å². The first-order valence-electron chi connectivity index (χ1n) is 5.50. The zero-order valence-electron chi connectivity index (χ0n) is 10.0. The van der Waals surface area contributed by atoms with Gasteiger partial charge in [-0.1, -0.05) is 6.92 Å². The Morgan fingerprint density at radius 1 is 1.61 bits per heavy atom. The summed E-state index contributed by atoms with van der Waals surface area (Å²) in [6.07, 6.45) is 7.48. The maximum absolute atomic E-state index is 11.0. The van der Waals surface area contributed by atoms with Crippen molar-refractivity contribution in [2.45, 2.75) is 19.8 Å². The van der Waals surface area contributed by atoms with Gasteiger partial charge >= 0.3 is 5.69 Å². The van der Waals surface area contributed by atoms with Crippen LogP contribution in [0.2, 0.25) is 0 Å². The first-order chi connectivity index (χ1) is 8.70. The van der Waals surface area contributed by atoms with E-state index in [1.807, 2.05) is 6.92 Å². The lowest BCUT2D eigenvalue weighted by atomic mass is 10.4. The van der Waals surface area contributed by atoms with Crippen LogP contribution in [-0.4, -0.2) is 28.0 Å². The molecular weight excluding hydrogens is 236 g/mol. The minimum Gasteiger partial charge on any atom is -0.472 e. The zero-order valence-corrected chi connectivity index (χ0v) is 10.0. The SMILES string of the molecule is C#CCCOc1ncnc(NCCC)c1[N+](=O)[O-]. The van der Waals surface area contributed by atoms with Crippen molar-refractivity contribution in [2.75, 3.05) is 18.5 Å². The Balaban J connectivity index is 2.94. The van der Waals surface area contributed by atoms with Crippen LogP contribution in [0.1, 0.15) is 19.8 Å². The number of terminal acetylenes is 1. The van der Waals surface area contributed by atoms with Gasteiger partial charge in [-0.15, -0.1) is 12.3 Å². The highest BCUT2D eigenvalue weighted by molar-refractivity contribution is 5.61. The molecule has 0 radical (unpaired) electrons. The minimum atomic E-state index is -0.566. The Hall–Kier alpha value is -2.36. The lowest BCUT2D eigenvalue weighted by Crippen LogP contribution is -2.09. The molecule has 0 aromatic carbocycles. The fourth-order valence-corrected chi connectivity index (χ4v) is 1.21. The molecule has 96 valence electrons. The quantitative estimate of drug-likeness (QED) is 0.342. The number of hydrogen-bond donors (Lipinski definition) is 1. The van der Waals surface area contributed by atoms with Crippen LogP contribution >= 0.6 is 0 Å². The molecule has 1 aromatic rings. The number of nitro groups is 1. The van der Waals surface area contributed by atoms with E-state index >= 15 is 0 Å². The highest BCUT2D eigenvalue weighted by Gasteiger charge is 2.23. The topological polar surface area (TPSA) is 90.2 Å². The Labute approximate surface area is 105 Å². The van der Waals surface area contributed by atoms with E-state index in [0.717, 1.165) is 6.42 Å². The molecule has 1 rings (SSSR count). The summed E-state index contributed by atoms with van der Waals surface area (Å²) >= 11 is 0. The van der Waals surface area contributed by atoms with Crippen molar-refractivity contribution < 1.29 is 9.66 Å². The van der Waals surface area contributed by atoms with E-state index in [4.69, 9.17) is 11.2 Å². The number of aromatic nitrogens is 2. The molecule has 0 fully saturated rings. The molecule has 0 spiro atoms. The number of rotatable bonds is 7. The second kappa shape index (κ2) is 7.06. The molecule has 1 aromatic heterocycles. The van der Waals surface area contributed by atoms with Gasteiger partial charge in [0.2, 0.25) is 5.82 Å². The van der Waals surface area contributed by atoms with Crippen LogP contribution in [0.4, 0.5) is 11.5 Å². The van der Waals surface area contributed by atoms with Crippen molar-refractivity contribution in [1.82, 2.24) is 9.97 Å². The molecule has 7 nitrogen and oxygen atoms in total. The van der Waals surface area contributed by atoms with Crippen molar-refractivity contribution in [3.05, 3.63) is 16.4 Å². The summed E-state index contributed by atoms with van der Waals surface area (Å²) in [5.41, 5.74) is -0.261. The number of nitrogens with one attached hydrogen (secondary N) is 1. The molecule has 0 aliphatic rings. The van der Waals surface area contributed by atoms with Crippen molar-refractivity contribution >= 4 is 11.5 Å². The van der Waals surface area contributed by atoms with Gasteiger partial charge in [0.05, 0.1) is 4.92 Å². The van der Waals surface area contributed by atoms with Gasteiger partial charge in [0.25, 0.3) is 5.88 Å². The van der Waals surface area contributed by atoms with Crippen LogP contribution in [0.3, 0.4) is 0 Å². The fourth-order valence-electron chi connectivity index (χ4n) is 1.21. The minimum absolute atomic E-state index is 0.0659. The van der Waals surface area contributed by atoms with Gasteiger partial charge in [0.1, 0.15) is 12.9 Å². The molecule has 0 amide bonds. The monoisotopic (exact) mass is 250 g/mol. The molecule has 0 bridgehead atoms. The summed E-state index contributed by atoms with van der Waals surface area (Å²) in [5.74, 6) is 2.48. The van der Waals surface area contributed by atoms with E-state index in [-0.39, 0.29) is 24.0 Å². The predicted molar refractivity (Wildman–Crippen MR) is 66.4 cm³/mol. The van der Waals surface area contributed by atoms with E-state index in [2.05, 4.69) is 21.2 Å². The number of anilines is 1. The van der Waals surface area contributed by atoms with Gasteiger partial charge in [-0.2, -0.15) is 4.98 Å². The number of hydrogen-bond acceptors (Lipinski definition) is 6. The number of nitrogens with zero attached hydrogens (tertiary/aromatic N) is 3. The summed E-state index contributed by atoms with van der Waals surface area (Å²) in [4.78, 5) is 18.0. The fraction of sp³-hybridized carbons (Fsp3) is 0.455. The molecular formula is C11H14N4O3. The van der Waals surface area contributed by atoms with Crippen LogP contribution in [0.15, 0.2) is 6.33 Å². The summed E-state index contributed by atoms with van der Waals surface area (Å²) in [6, 6.07) is 0. The molecule has 1 heterocycles. The summed E-state index contributed by atoms with van der Waals surface area (Å²) in [5, 5.41) is 13.9. The van der Waals surface area contributed by atoms with Crippen molar-refractivity contribution in [2.24, 2.45) is 0 Å². The average molecular weight is 250 g/mol. The normalized spacial score (nSPS) is 9.56. The maximum atomic E-state index is 11.0. The Morgan fingerprint density at radius 3 is 3.00 bits per heavy atom. The molecule has 7 heteroatoms. The van der Waals surface area contributed by atoms with Gasteiger partial charge in [-0.25, -0.2) is 4.98 Å². The molecule has 0 aliphatic heterocycles. The molecule has 0 aliphatic carbocycles. The van der Waals surface area contributed by atoms with Crippen LogP contribution in [0.25, 0.3) is 0 Å². The van der Waals surface area contributed by atoms with E-state index in [9.17, 15) is 10.1 Å². The number of ether oxygens (including phenoxy) is 1. The van der Waals surface area contributed by atoms with E-state index in [1.165, 1.54) is 6.33 Å². The van der Waals surface area contributed by atoms with E-state index in [1.54, 1.807) is 0 Å². The Morgan fingerprint density at radius 2 is 2.39 bits per heavy atom. The van der Waals surface area contributed by atoms with Gasteiger partial charge in [-0.05, 0) is 6.42 Å². The van der Waals surface area contributed by atoms with Crippen LogP contribution in [0.5, 0.6) is 5.88 Å². The molecule has 0 saturated heterocycles. The van der Waals surface area contributed by atoms with Gasteiger partial charge < -0.3 is 10.1 Å². The highest BCUT2D eigenvalue weighted by atomic mass is 16.6. The average Bonchev–Trinajstić information content (AvgIpc) is 2.36. The third-order valence-corrected chi connectivity index (χ3v) is 2.00. The summed E-state index contributed by atoms with van der Waals surface area (Å²) in [6.45, 7) is 2.72. The predicted octanol–water partition coefficient (Wildman–Crippen LogP) is 1.61. The second-order valence-electron chi connectivity index (χ2n) is 3.36. The van der Waals surface area contributed by atoms with Gasteiger partial charge in [0, 0.05) is 13.0 Å². The van der Waals surface area contributed by atoms with E-state index < -0.39 is 4.92 Å². The van der Waals surface area contributed by atoms with Crippen molar-refractivity contribution in [3.8, 4) is 18.2 Å². The first-order valence-corrected chi connectivity index (χ1v) is 5.50. The van der Waals surface area contributed by atoms with Crippen LogP contribution < -0.4 is 10.1 Å². The summed E-state index contributed by atoms with van der Waals surface area (Å²) in [7, 11) is 0. The third kappa shape index (κ3) is 3.59. The van der Waals surface area contributed by atoms with Crippen LogP contribution in [0, 0.1) is 22.5 Å². The zero-order chi connectivity index (χ0) is 13.4. The Bertz CT molecular complexity index is 456. The highest BCUT2D eigenvalue weighted by Crippen LogP contribution is 2.30. The summed E-state index contributed by atoms with van der Waals surface area (Å²) < 4.78 is 5.18. The molecule has 0 saturated carbocycles. The van der Waals surface area contributed by atoms with Crippen molar-refractivity contribution in [3.63, 3.8) is 0 Å². The molecule has 18 heavy (non-hydrogen) atoms. The Kier molecular flexibility index (Phi) is 5.38. The second-order valence-corrected chi connectivity index (χ2v) is 3.36. The smallest absolute Gasteiger partial charge is 0.372 e.